The lowest BCUT2D eigenvalue weighted by Crippen LogP contribution is -2.21. The maximum absolute atomic E-state index is 10.7. The highest BCUT2D eigenvalue weighted by Crippen LogP contribution is 2.21. The topological polar surface area (TPSA) is 67.2 Å². The van der Waals surface area contributed by atoms with Gasteiger partial charge in [-0.3, -0.25) is 0 Å². The Morgan fingerprint density at radius 1 is 0.947 bits per heavy atom. The number of primary amides is 1. The smallest absolute Gasteiger partial charge is 0.316 e. The number of carbonyl (C=O) groups excluding carboxylic acids is 1. The van der Waals surface area contributed by atoms with E-state index in [0.717, 1.165) is 11.4 Å². The highest BCUT2D eigenvalue weighted by molar-refractivity contribution is 5.87. The van der Waals surface area contributed by atoms with Crippen molar-refractivity contribution in [2.24, 2.45) is 5.73 Å². The van der Waals surface area contributed by atoms with Gasteiger partial charge in [0, 0.05) is 17.4 Å². The van der Waals surface area contributed by atoms with E-state index in [2.05, 4.69) is 10.6 Å². The zero-order valence-corrected chi connectivity index (χ0v) is 11.3. The second-order valence-corrected chi connectivity index (χ2v) is 5.25. The Labute approximate surface area is 114 Å². The van der Waals surface area contributed by atoms with E-state index in [-0.39, 0.29) is 0 Å². The molecule has 0 aromatic heterocycles. The minimum Gasteiger partial charge on any atom is -0.382 e. The summed E-state index contributed by atoms with van der Waals surface area (Å²) in [5.74, 6) is 0. The Bertz CT molecular complexity index is 394. The third kappa shape index (κ3) is 4.81. The number of carbonyl (C=O) groups is 1. The van der Waals surface area contributed by atoms with Crippen LogP contribution in [0.3, 0.4) is 0 Å². The minimum atomic E-state index is -0.527. The van der Waals surface area contributed by atoms with Gasteiger partial charge in [-0.05, 0) is 37.1 Å². The average Bonchev–Trinajstić information content (AvgIpc) is 2.34. The lowest BCUT2D eigenvalue weighted by atomic mass is 9.96. The van der Waals surface area contributed by atoms with E-state index in [4.69, 9.17) is 5.73 Å². The molecular weight excluding hydrogens is 238 g/mol. The van der Waals surface area contributed by atoms with Crippen molar-refractivity contribution in [3.63, 3.8) is 0 Å². The molecule has 0 unspecified atom stereocenters. The predicted molar refractivity (Wildman–Crippen MR) is 79.4 cm³/mol. The normalized spacial score (nSPS) is 17.3. The van der Waals surface area contributed by atoms with Gasteiger partial charge in [0.2, 0.25) is 0 Å². The maximum Gasteiger partial charge on any atom is 0.316 e. The lowest BCUT2D eigenvalue weighted by Gasteiger charge is -2.22. The monoisotopic (exact) mass is 261 g/mol. The Balaban J connectivity index is 1.88. The molecule has 0 radical (unpaired) electrons. The van der Waals surface area contributed by atoms with Crippen LogP contribution in [0.5, 0.6) is 0 Å². The Morgan fingerprint density at radius 3 is 2.05 bits per heavy atom. The highest BCUT2D eigenvalue weighted by atomic mass is 16.2. The zero-order chi connectivity index (χ0) is 13.5. The molecule has 2 rings (SSSR count). The second kappa shape index (κ2) is 7.02. The molecule has 0 heterocycles. The van der Waals surface area contributed by atoms with E-state index in [0.29, 0.717) is 6.04 Å². The van der Waals surface area contributed by atoms with E-state index in [1.165, 1.54) is 44.9 Å². The molecule has 4 nitrogen and oxygen atoms in total. The van der Waals surface area contributed by atoms with Gasteiger partial charge < -0.3 is 16.4 Å². The van der Waals surface area contributed by atoms with Crippen LogP contribution in [0.15, 0.2) is 24.3 Å². The van der Waals surface area contributed by atoms with Gasteiger partial charge in [-0.25, -0.2) is 4.79 Å². The molecule has 4 N–H and O–H groups in total. The standard InChI is InChI=1S/C15H23N3O/c16-15(19)18-14-10-8-13(9-11-14)17-12-6-4-2-1-3-5-7-12/h8-12,17H,1-7H2,(H3,16,18,19). The maximum atomic E-state index is 10.7. The van der Waals surface area contributed by atoms with Gasteiger partial charge >= 0.3 is 6.03 Å². The summed E-state index contributed by atoms with van der Waals surface area (Å²) in [5, 5.41) is 6.15. The van der Waals surface area contributed by atoms with Crippen LogP contribution >= 0.6 is 0 Å². The van der Waals surface area contributed by atoms with Crippen LogP contribution < -0.4 is 16.4 Å². The van der Waals surface area contributed by atoms with Crippen LogP contribution in [0.4, 0.5) is 16.2 Å². The first kappa shape index (κ1) is 13.7. The van der Waals surface area contributed by atoms with Crippen molar-refractivity contribution < 1.29 is 4.79 Å². The molecule has 0 spiro atoms. The fourth-order valence-electron chi connectivity index (χ4n) is 2.63. The molecule has 2 amide bonds. The summed E-state index contributed by atoms with van der Waals surface area (Å²) in [7, 11) is 0. The third-order valence-corrected chi connectivity index (χ3v) is 3.63. The zero-order valence-electron chi connectivity index (χ0n) is 11.3. The molecule has 1 aromatic rings. The van der Waals surface area contributed by atoms with Gasteiger partial charge in [0.05, 0.1) is 0 Å². The van der Waals surface area contributed by atoms with Crippen LogP contribution in [0.25, 0.3) is 0 Å². The van der Waals surface area contributed by atoms with Gasteiger partial charge in [-0.15, -0.1) is 0 Å². The average molecular weight is 261 g/mol. The number of nitrogens with one attached hydrogen (secondary N) is 2. The van der Waals surface area contributed by atoms with Crippen LogP contribution in [0.2, 0.25) is 0 Å². The summed E-state index contributed by atoms with van der Waals surface area (Å²) in [6.07, 6.45) is 9.25. The van der Waals surface area contributed by atoms with Crippen molar-refractivity contribution in [2.75, 3.05) is 10.6 Å². The minimum absolute atomic E-state index is 0.527. The molecule has 0 saturated heterocycles. The Hall–Kier alpha value is -1.71. The van der Waals surface area contributed by atoms with Crippen LogP contribution in [0.1, 0.15) is 44.9 Å². The lowest BCUT2D eigenvalue weighted by molar-refractivity contribution is 0.259. The molecule has 0 atom stereocenters. The van der Waals surface area contributed by atoms with Crippen molar-refractivity contribution in [3.05, 3.63) is 24.3 Å². The largest absolute Gasteiger partial charge is 0.382 e. The summed E-state index contributed by atoms with van der Waals surface area (Å²) < 4.78 is 0. The Morgan fingerprint density at radius 2 is 1.47 bits per heavy atom. The number of nitrogens with two attached hydrogens (primary N) is 1. The van der Waals surface area contributed by atoms with E-state index >= 15 is 0 Å². The first-order valence-electron chi connectivity index (χ1n) is 7.17. The van der Waals surface area contributed by atoms with Gasteiger partial charge in [0.15, 0.2) is 0 Å². The predicted octanol–water partition coefficient (Wildman–Crippen LogP) is 3.70. The number of benzene rings is 1. The number of amides is 2. The number of anilines is 2. The molecular formula is C15H23N3O. The number of hydrogen-bond donors (Lipinski definition) is 3. The fourth-order valence-corrected chi connectivity index (χ4v) is 2.63. The second-order valence-electron chi connectivity index (χ2n) is 5.25. The van der Waals surface area contributed by atoms with Crippen molar-refractivity contribution in [3.8, 4) is 0 Å². The number of rotatable bonds is 3. The van der Waals surface area contributed by atoms with Crippen molar-refractivity contribution in [1.82, 2.24) is 0 Å². The van der Waals surface area contributed by atoms with Crippen LogP contribution in [-0.2, 0) is 0 Å². The van der Waals surface area contributed by atoms with Gasteiger partial charge in [-0.1, -0.05) is 32.1 Å². The fraction of sp³-hybridized carbons (Fsp3) is 0.533. The van der Waals surface area contributed by atoms with E-state index in [9.17, 15) is 4.79 Å². The van der Waals surface area contributed by atoms with E-state index in [1.54, 1.807) is 0 Å². The first-order valence-corrected chi connectivity index (χ1v) is 7.17. The third-order valence-electron chi connectivity index (χ3n) is 3.63. The quantitative estimate of drug-likeness (QED) is 0.776. The molecule has 19 heavy (non-hydrogen) atoms. The summed E-state index contributed by atoms with van der Waals surface area (Å²) in [6, 6.07) is 7.77. The van der Waals surface area contributed by atoms with E-state index < -0.39 is 6.03 Å². The molecule has 1 aromatic carbocycles. The summed E-state index contributed by atoms with van der Waals surface area (Å²) in [4.78, 5) is 10.7. The SMILES string of the molecule is NC(=O)Nc1ccc(NC2CCCCCCC2)cc1. The molecule has 0 bridgehead atoms. The summed E-state index contributed by atoms with van der Waals surface area (Å²) >= 11 is 0. The molecule has 1 saturated carbocycles. The van der Waals surface area contributed by atoms with Crippen molar-refractivity contribution >= 4 is 17.4 Å². The van der Waals surface area contributed by atoms with Crippen molar-refractivity contribution in [1.29, 1.82) is 0 Å². The molecule has 104 valence electrons. The molecule has 1 aliphatic carbocycles. The Kier molecular flexibility index (Phi) is 5.07. The highest BCUT2D eigenvalue weighted by Gasteiger charge is 2.10. The summed E-state index contributed by atoms with van der Waals surface area (Å²) in [6.45, 7) is 0. The molecule has 1 fully saturated rings. The number of urea groups is 1. The van der Waals surface area contributed by atoms with Crippen LogP contribution in [-0.4, -0.2) is 12.1 Å². The van der Waals surface area contributed by atoms with E-state index in [1.807, 2.05) is 24.3 Å². The van der Waals surface area contributed by atoms with Gasteiger partial charge in [-0.2, -0.15) is 0 Å². The first-order chi connectivity index (χ1) is 9.24. The van der Waals surface area contributed by atoms with Crippen molar-refractivity contribution in [2.45, 2.75) is 51.0 Å². The summed E-state index contributed by atoms with van der Waals surface area (Å²) in [5.41, 5.74) is 6.92. The molecule has 4 heteroatoms. The van der Waals surface area contributed by atoms with Gasteiger partial charge in [0.1, 0.15) is 0 Å². The van der Waals surface area contributed by atoms with Gasteiger partial charge in [0.25, 0.3) is 0 Å². The molecule has 0 aliphatic heterocycles. The van der Waals surface area contributed by atoms with Crippen LogP contribution in [0, 0.1) is 0 Å². The number of hydrogen-bond acceptors (Lipinski definition) is 2. The molecule has 1 aliphatic rings.